The Morgan fingerprint density at radius 3 is 2.70 bits per heavy atom. The van der Waals surface area contributed by atoms with E-state index in [9.17, 15) is 9.59 Å². The standard InChI is InChI=1S/C18H23N3O2/c1-13-4-3-5-14-12-15(18(23)19-17(13)14)6-7-16(22)21-10-8-20(2)9-11-21/h3-5,12H,6-11H2,1-2H3,(H,19,23). The molecule has 1 aliphatic heterocycles. The van der Waals surface area contributed by atoms with Gasteiger partial charge in [-0.25, -0.2) is 0 Å². The summed E-state index contributed by atoms with van der Waals surface area (Å²) < 4.78 is 0. The van der Waals surface area contributed by atoms with Crippen molar-refractivity contribution in [2.75, 3.05) is 33.2 Å². The Kier molecular flexibility index (Phi) is 4.48. The van der Waals surface area contributed by atoms with Crippen molar-refractivity contribution in [2.24, 2.45) is 0 Å². The average molecular weight is 313 g/mol. The monoisotopic (exact) mass is 313 g/mol. The number of pyridine rings is 1. The van der Waals surface area contributed by atoms with Crippen molar-refractivity contribution in [1.82, 2.24) is 14.8 Å². The van der Waals surface area contributed by atoms with Crippen LogP contribution in [0.5, 0.6) is 0 Å². The molecule has 0 aliphatic carbocycles. The third kappa shape index (κ3) is 3.45. The highest BCUT2D eigenvalue weighted by atomic mass is 16.2. The molecule has 1 aromatic carbocycles. The fourth-order valence-corrected chi connectivity index (χ4v) is 3.07. The number of benzene rings is 1. The predicted octanol–water partition coefficient (Wildman–Crippen LogP) is 1.54. The number of amides is 1. The number of hydrogen-bond donors (Lipinski definition) is 1. The number of hydrogen-bond acceptors (Lipinski definition) is 3. The van der Waals surface area contributed by atoms with Crippen molar-refractivity contribution < 1.29 is 4.79 Å². The number of nitrogens with one attached hydrogen (secondary N) is 1. The summed E-state index contributed by atoms with van der Waals surface area (Å²) in [5, 5.41) is 1.02. The number of rotatable bonds is 3. The average Bonchev–Trinajstić information content (AvgIpc) is 2.54. The van der Waals surface area contributed by atoms with Gasteiger partial charge in [0.1, 0.15) is 0 Å². The van der Waals surface area contributed by atoms with Crippen LogP contribution in [0.1, 0.15) is 17.5 Å². The first-order valence-corrected chi connectivity index (χ1v) is 8.12. The second kappa shape index (κ2) is 6.54. The Balaban J connectivity index is 1.71. The number of piperazine rings is 1. The highest BCUT2D eigenvalue weighted by Crippen LogP contribution is 2.16. The number of nitrogens with zero attached hydrogens (tertiary/aromatic N) is 2. The Labute approximate surface area is 135 Å². The molecular formula is C18H23N3O2. The van der Waals surface area contributed by atoms with Crippen molar-refractivity contribution in [2.45, 2.75) is 19.8 Å². The van der Waals surface area contributed by atoms with Crippen LogP contribution in [0.25, 0.3) is 10.9 Å². The molecule has 3 rings (SSSR count). The Bertz CT molecular complexity index is 773. The van der Waals surface area contributed by atoms with Crippen LogP contribution in [0.4, 0.5) is 0 Å². The third-order valence-corrected chi connectivity index (χ3v) is 4.63. The summed E-state index contributed by atoms with van der Waals surface area (Å²) in [5.41, 5.74) is 2.54. The van der Waals surface area contributed by atoms with E-state index in [4.69, 9.17) is 0 Å². The highest BCUT2D eigenvalue weighted by Gasteiger charge is 2.19. The molecule has 23 heavy (non-hydrogen) atoms. The van der Waals surface area contributed by atoms with E-state index in [2.05, 4.69) is 16.9 Å². The van der Waals surface area contributed by atoms with Gasteiger partial charge in [-0.1, -0.05) is 18.2 Å². The third-order valence-electron chi connectivity index (χ3n) is 4.63. The van der Waals surface area contributed by atoms with Crippen LogP contribution in [0, 0.1) is 6.92 Å². The molecule has 1 fully saturated rings. The molecule has 1 N–H and O–H groups in total. The fourth-order valence-electron chi connectivity index (χ4n) is 3.07. The van der Waals surface area contributed by atoms with Gasteiger partial charge < -0.3 is 14.8 Å². The molecule has 0 bridgehead atoms. The molecule has 1 saturated heterocycles. The summed E-state index contributed by atoms with van der Waals surface area (Å²) >= 11 is 0. The number of carbonyl (C=O) groups excluding carboxylic acids is 1. The van der Waals surface area contributed by atoms with Gasteiger partial charge in [-0.05, 0) is 37.4 Å². The molecule has 2 heterocycles. The maximum Gasteiger partial charge on any atom is 0.251 e. The number of aromatic amines is 1. The van der Waals surface area contributed by atoms with Crippen LogP contribution in [0.2, 0.25) is 0 Å². The SMILES string of the molecule is Cc1cccc2cc(CCC(=O)N3CCN(C)CC3)c(=O)[nH]c12. The van der Waals surface area contributed by atoms with Gasteiger partial charge >= 0.3 is 0 Å². The zero-order valence-corrected chi connectivity index (χ0v) is 13.8. The summed E-state index contributed by atoms with van der Waals surface area (Å²) in [6.07, 6.45) is 0.883. The summed E-state index contributed by atoms with van der Waals surface area (Å²) in [4.78, 5) is 31.6. The van der Waals surface area contributed by atoms with E-state index in [0.29, 0.717) is 18.4 Å². The van der Waals surface area contributed by atoms with E-state index in [1.165, 1.54) is 0 Å². The van der Waals surface area contributed by atoms with E-state index in [0.717, 1.165) is 42.6 Å². The molecule has 5 nitrogen and oxygen atoms in total. The van der Waals surface area contributed by atoms with E-state index < -0.39 is 0 Å². The van der Waals surface area contributed by atoms with Gasteiger partial charge in [-0.3, -0.25) is 9.59 Å². The molecule has 1 aliphatic rings. The molecular weight excluding hydrogens is 290 g/mol. The first-order valence-electron chi connectivity index (χ1n) is 8.12. The van der Waals surface area contributed by atoms with Crippen LogP contribution >= 0.6 is 0 Å². The van der Waals surface area contributed by atoms with E-state index >= 15 is 0 Å². The molecule has 0 saturated carbocycles. The van der Waals surface area contributed by atoms with Crippen molar-refractivity contribution >= 4 is 16.8 Å². The smallest absolute Gasteiger partial charge is 0.251 e. The van der Waals surface area contributed by atoms with Crippen LogP contribution in [0.3, 0.4) is 0 Å². The second-order valence-corrected chi connectivity index (χ2v) is 6.35. The number of fused-ring (bicyclic) bond motifs is 1. The van der Waals surface area contributed by atoms with Crippen LogP contribution in [0.15, 0.2) is 29.1 Å². The van der Waals surface area contributed by atoms with E-state index in [1.807, 2.05) is 36.1 Å². The molecule has 122 valence electrons. The lowest BCUT2D eigenvalue weighted by Gasteiger charge is -2.32. The van der Waals surface area contributed by atoms with E-state index in [-0.39, 0.29) is 11.5 Å². The summed E-state index contributed by atoms with van der Waals surface area (Å²) in [6.45, 7) is 5.38. The Hall–Kier alpha value is -2.14. The van der Waals surface area contributed by atoms with Gasteiger partial charge in [-0.2, -0.15) is 0 Å². The van der Waals surface area contributed by atoms with Gasteiger partial charge in [0.05, 0.1) is 5.52 Å². The van der Waals surface area contributed by atoms with Gasteiger partial charge in [0.15, 0.2) is 0 Å². The minimum atomic E-state index is -0.0852. The predicted molar refractivity (Wildman–Crippen MR) is 91.7 cm³/mol. The quantitative estimate of drug-likeness (QED) is 0.935. The van der Waals surface area contributed by atoms with Gasteiger partial charge in [-0.15, -0.1) is 0 Å². The number of carbonyl (C=O) groups is 1. The van der Waals surface area contributed by atoms with Crippen molar-refractivity contribution in [3.05, 3.63) is 45.7 Å². The molecule has 1 amide bonds. The number of likely N-dealkylation sites (N-methyl/N-ethyl adjacent to an activating group) is 1. The summed E-state index contributed by atoms with van der Waals surface area (Å²) in [6, 6.07) is 7.87. The lowest BCUT2D eigenvalue weighted by atomic mass is 10.1. The van der Waals surface area contributed by atoms with Crippen molar-refractivity contribution in [3.63, 3.8) is 0 Å². The van der Waals surface area contributed by atoms with Crippen molar-refractivity contribution in [1.29, 1.82) is 0 Å². The largest absolute Gasteiger partial charge is 0.340 e. The number of para-hydroxylation sites is 1. The molecule has 0 radical (unpaired) electrons. The summed E-state index contributed by atoms with van der Waals surface area (Å²) in [5.74, 6) is 0.141. The van der Waals surface area contributed by atoms with Gasteiger partial charge in [0, 0.05) is 38.2 Å². The molecule has 1 aromatic heterocycles. The second-order valence-electron chi connectivity index (χ2n) is 6.35. The van der Waals surface area contributed by atoms with E-state index in [1.54, 1.807) is 0 Å². The highest BCUT2D eigenvalue weighted by molar-refractivity contribution is 5.82. The fraction of sp³-hybridized carbons (Fsp3) is 0.444. The minimum absolute atomic E-state index is 0.0852. The first-order chi connectivity index (χ1) is 11.0. The lowest BCUT2D eigenvalue weighted by molar-refractivity contribution is -0.132. The van der Waals surface area contributed by atoms with Crippen LogP contribution in [-0.4, -0.2) is 53.9 Å². The number of aryl methyl sites for hydroxylation is 2. The zero-order chi connectivity index (χ0) is 16.4. The van der Waals surface area contributed by atoms with Gasteiger partial charge in [0.25, 0.3) is 5.56 Å². The lowest BCUT2D eigenvalue weighted by Crippen LogP contribution is -2.47. The maximum absolute atomic E-state index is 12.3. The molecule has 2 aromatic rings. The Morgan fingerprint density at radius 1 is 1.22 bits per heavy atom. The van der Waals surface area contributed by atoms with Crippen molar-refractivity contribution in [3.8, 4) is 0 Å². The van der Waals surface area contributed by atoms with Crippen LogP contribution in [-0.2, 0) is 11.2 Å². The first kappa shape index (κ1) is 15.7. The minimum Gasteiger partial charge on any atom is -0.340 e. The number of H-pyrrole nitrogens is 1. The normalized spacial score (nSPS) is 16.0. The topological polar surface area (TPSA) is 56.4 Å². The molecule has 0 atom stereocenters. The number of aromatic nitrogens is 1. The van der Waals surface area contributed by atoms with Gasteiger partial charge in [0.2, 0.25) is 5.91 Å². The summed E-state index contributed by atoms with van der Waals surface area (Å²) in [7, 11) is 2.07. The Morgan fingerprint density at radius 2 is 1.96 bits per heavy atom. The molecule has 0 unspecified atom stereocenters. The van der Waals surface area contributed by atoms with Crippen LogP contribution < -0.4 is 5.56 Å². The molecule has 5 heteroatoms. The maximum atomic E-state index is 12.3. The zero-order valence-electron chi connectivity index (χ0n) is 13.8. The molecule has 0 spiro atoms.